The Morgan fingerprint density at radius 3 is 2.44 bits per heavy atom. The molecule has 0 unspecified atom stereocenters. The first kappa shape index (κ1) is 22.1. The number of aromatic nitrogens is 2. The summed E-state index contributed by atoms with van der Waals surface area (Å²) >= 11 is 1.12. The fourth-order valence-electron chi connectivity index (χ4n) is 4.19. The third-order valence-corrected chi connectivity index (χ3v) is 6.73. The fraction of sp³-hybridized carbons (Fsp3) is 0.360. The third-order valence-electron chi connectivity index (χ3n) is 5.91. The quantitative estimate of drug-likeness (QED) is 0.570. The highest BCUT2D eigenvalue weighted by atomic mass is 32.1. The van der Waals surface area contributed by atoms with E-state index in [1.54, 1.807) is 11.8 Å². The van der Waals surface area contributed by atoms with Crippen LogP contribution in [0.5, 0.6) is 0 Å². The molecule has 0 radical (unpaired) electrons. The molecule has 4 rings (SSSR count). The Balaban J connectivity index is 1.54. The highest BCUT2D eigenvalue weighted by Gasteiger charge is 2.33. The minimum absolute atomic E-state index is 0.0759. The van der Waals surface area contributed by atoms with Crippen LogP contribution in [0.1, 0.15) is 34.3 Å². The van der Waals surface area contributed by atoms with Crippen molar-refractivity contribution in [1.82, 2.24) is 19.4 Å². The molecule has 1 atom stereocenters. The molecule has 2 heterocycles. The highest BCUT2D eigenvalue weighted by molar-refractivity contribution is 7.07. The van der Waals surface area contributed by atoms with Crippen molar-refractivity contribution in [3.63, 3.8) is 0 Å². The molecule has 0 bridgehead atoms. The van der Waals surface area contributed by atoms with Crippen molar-refractivity contribution in [1.29, 1.82) is 0 Å². The van der Waals surface area contributed by atoms with E-state index in [-0.39, 0.29) is 17.7 Å². The summed E-state index contributed by atoms with van der Waals surface area (Å²) in [6, 6.07) is 18.6. The van der Waals surface area contributed by atoms with Gasteiger partial charge in [0.25, 0.3) is 5.91 Å². The molecule has 0 aliphatic carbocycles. The van der Waals surface area contributed by atoms with Crippen molar-refractivity contribution >= 4 is 23.3 Å². The molecule has 166 valence electrons. The molecule has 0 spiro atoms. The van der Waals surface area contributed by atoms with Crippen LogP contribution in [0.3, 0.4) is 0 Å². The van der Waals surface area contributed by atoms with Gasteiger partial charge < -0.3 is 9.80 Å². The van der Waals surface area contributed by atoms with Crippen LogP contribution < -0.4 is 0 Å². The van der Waals surface area contributed by atoms with Gasteiger partial charge in [-0.2, -0.15) is 0 Å². The molecule has 0 N–H and O–H groups in total. The smallest absolute Gasteiger partial charge is 0.267 e. The maximum absolute atomic E-state index is 13.3. The molecule has 3 aromatic rings. The first-order valence-corrected chi connectivity index (χ1v) is 11.9. The summed E-state index contributed by atoms with van der Waals surface area (Å²) in [5.41, 5.74) is 4.07. The first-order chi connectivity index (χ1) is 15.6. The molecule has 1 aliphatic heterocycles. The van der Waals surface area contributed by atoms with Crippen molar-refractivity contribution in [2.45, 2.75) is 26.7 Å². The van der Waals surface area contributed by atoms with Crippen LogP contribution >= 0.6 is 11.5 Å². The average molecular weight is 449 g/mol. The molecule has 2 aromatic carbocycles. The standard InChI is InChI=1S/C25H28N4O2S/c1-3-13-28-14-15-29(25(31)23-18(2)26-27-32-23)17-22(24(28)30)16-19-9-11-21(12-10-19)20-7-5-4-6-8-20/h4-12,22H,3,13-17H2,1-2H3/t22-/m1/s1. The van der Waals surface area contributed by atoms with Crippen LogP contribution in [-0.2, 0) is 11.2 Å². The lowest BCUT2D eigenvalue weighted by Crippen LogP contribution is -2.38. The second-order valence-electron chi connectivity index (χ2n) is 8.23. The third kappa shape index (κ3) is 4.88. The zero-order valence-electron chi connectivity index (χ0n) is 18.5. The number of nitrogens with zero attached hydrogens (tertiary/aromatic N) is 4. The molecular weight excluding hydrogens is 420 g/mol. The van der Waals surface area contributed by atoms with Crippen molar-refractivity contribution in [2.75, 3.05) is 26.2 Å². The van der Waals surface area contributed by atoms with Crippen LogP contribution in [0.2, 0.25) is 0 Å². The van der Waals surface area contributed by atoms with Gasteiger partial charge in [0, 0.05) is 26.2 Å². The lowest BCUT2D eigenvalue weighted by atomic mass is 9.95. The van der Waals surface area contributed by atoms with E-state index < -0.39 is 0 Å². The van der Waals surface area contributed by atoms with Gasteiger partial charge in [-0.25, -0.2) is 0 Å². The number of benzene rings is 2. The molecule has 1 fully saturated rings. The van der Waals surface area contributed by atoms with Gasteiger partial charge >= 0.3 is 0 Å². The zero-order chi connectivity index (χ0) is 22.5. The predicted molar refractivity (Wildman–Crippen MR) is 126 cm³/mol. The molecule has 2 amide bonds. The Morgan fingerprint density at radius 2 is 1.78 bits per heavy atom. The van der Waals surface area contributed by atoms with E-state index in [2.05, 4.69) is 52.9 Å². The van der Waals surface area contributed by atoms with Gasteiger partial charge in [0.1, 0.15) is 4.88 Å². The number of hydrogen-bond donors (Lipinski definition) is 0. The minimum atomic E-state index is -0.267. The van der Waals surface area contributed by atoms with Crippen LogP contribution in [0.15, 0.2) is 54.6 Å². The summed E-state index contributed by atoms with van der Waals surface area (Å²) in [6.45, 7) is 6.10. The fourth-order valence-corrected chi connectivity index (χ4v) is 4.82. The monoisotopic (exact) mass is 448 g/mol. The Labute approximate surface area is 193 Å². The van der Waals surface area contributed by atoms with Gasteiger partial charge in [0.05, 0.1) is 11.6 Å². The summed E-state index contributed by atoms with van der Waals surface area (Å²) in [5, 5.41) is 3.98. The minimum Gasteiger partial charge on any atom is -0.341 e. The van der Waals surface area contributed by atoms with Crippen molar-refractivity contribution in [3.05, 3.63) is 70.7 Å². The molecule has 1 aliphatic rings. The van der Waals surface area contributed by atoms with Gasteiger partial charge in [0.15, 0.2) is 0 Å². The number of hydrogen-bond acceptors (Lipinski definition) is 5. The number of amides is 2. The lowest BCUT2D eigenvalue weighted by molar-refractivity contribution is -0.134. The summed E-state index contributed by atoms with van der Waals surface area (Å²) in [6.07, 6.45) is 1.51. The Kier molecular flexibility index (Phi) is 6.95. The second kappa shape index (κ2) is 10.0. The largest absolute Gasteiger partial charge is 0.341 e. The summed E-state index contributed by atoms with van der Waals surface area (Å²) in [5.74, 6) is -0.210. The van der Waals surface area contributed by atoms with Gasteiger partial charge in [-0.1, -0.05) is 66.0 Å². The molecule has 1 saturated heterocycles. The number of aryl methyl sites for hydroxylation is 1. The van der Waals surface area contributed by atoms with E-state index in [0.29, 0.717) is 43.2 Å². The van der Waals surface area contributed by atoms with E-state index in [1.807, 2.05) is 23.1 Å². The molecular formula is C25H28N4O2S. The van der Waals surface area contributed by atoms with Crippen molar-refractivity contribution in [2.24, 2.45) is 5.92 Å². The zero-order valence-corrected chi connectivity index (χ0v) is 19.3. The Morgan fingerprint density at radius 1 is 1.06 bits per heavy atom. The average Bonchev–Trinajstić information content (AvgIpc) is 3.19. The number of carbonyl (C=O) groups excluding carboxylic acids is 2. The molecule has 7 heteroatoms. The summed E-state index contributed by atoms with van der Waals surface area (Å²) < 4.78 is 3.91. The summed E-state index contributed by atoms with van der Waals surface area (Å²) in [4.78, 5) is 30.7. The number of rotatable bonds is 6. The molecule has 0 saturated carbocycles. The van der Waals surface area contributed by atoms with Crippen LogP contribution in [0, 0.1) is 12.8 Å². The topological polar surface area (TPSA) is 66.4 Å². The van der Waals surface area contributed by atoms with Crippen molar-refractivity contribution in [3.8, 4) is 11.1 Å². The predicted octanol–water partition coefficient (Wildman–Crippen LogP) is 4.07. The Hall–Kier alpha value is -3.06. The first-order valence-electron chi connectivity index (χ1n) is 11.1. The van der Waals surface area contributed by atoms with E-state index in [1.165, 1.54) is 5.56 Å². The van der Waals surface area contributed by atoms with E-state index >= 15 is 0 Å². The number of carbonyl (C=O) groups is 2. The van der Waals surface area contributed by atoms with Crippen LogP contribution in [-0.4, -0.2) is 57.4 Å². The normalized spacial score (nSPS) is 16.8. The van der Waals surface area contributed by atoms with Crippen LogP contribution in [0.25, 0.3) is 11.1 Å². The molecule has 32 heavy (non-hydrogen) atoms. The van der Waals surface area contributed by atoms with E-state index in [4.69, 9.17) is 0 Å². The van der Waals surface area contributed by atoms with E-state index in [9.17, 15) is 9.59 Å². The maximum Gasteiger partial charge on any atom is 0.267 e. The Bertz CT molecular complexity index is 1070. The van der Waals surface area contributed by atoms with Gasteiger partial charge in [0.2, 0.25) is 5.91 Å². The lowest BCUT2D eigenvalue weighted by Gasteiger charge is -2.23. The second-order valence-corrected chi connectivity index (χ2v) is 8.98. The van der Waals surface area contributed by atoms with Crippen molar-refractivity contribution < 1.29 is 9.59 Å². The van der Waals surface area contributed by atoms with Gasteiger partial charge in [-0.3, -0.25) is 9.59 Å². The molecule has 6 nitrogen and oxygen atoms in total. The molecule has 1 aromatic heterocycles. The van der Waals surface area contributed by atoms with Gasteiger partial charge in [-0.15, -0.1) is 5.10 Å². The highest BCUT2D eigenvalue weighted by Crippen LogP contribution is 2.23. The summed E-state index contributed by atoms with van der Waals surface area (Å²) in [7, 11) is 0. The SMILES string of the molecule is CCCN1CCN(C(=O)c2snnc2C)C[C@@H](Cc2ccc(-c3ccccc3)cc2)C1=O. The maximum atomic E-state index is 13.3. The van der Waals surface area contributed by atoms with Gasteiger partial charge in [-0.05, 0) is 48.0 Å². The van der Waals surface area contributed by atoms with Crippen LogP contribution in [0.4, 0.5) is 0 Å². The van der Waals surface area contributed by atoms with E-state index in [0.717, 1.165) is 29.1 Å².